The van der Waals surface area contributed by atoms with Crippen LogP contribution in [0.4, 0.5) is 0 Å². The summed E-state index contributed by atoms with van der Waals surface area (Å²) in [7, 11) is 0. The summed E-state index contributed by atoms with van der Waals surface area (Å²) in [4.78, 5) is 15.9. The lowest BCUT2D eigenvalue weighted by Gasteiger charge is -2.12. The third-order valence-corrected chi connectivity index (χ3v) is 4.69. The zero-order chi connectivity index (χ0) is 17.9. The van der Waals surface area contributed by atoms with E-state index in [0.29, 0.717) is 5.56 Å². The Morgan fingerprint density at radius 3 is 2.74 bits per heavy atom. The molecular formula is C21H23ClN2O3. The van der Waals surface area contributed by atoms with Crippen molar-refractivity contribution in [1.29, 1.82) is 0 Å². The molecule has 0 radical (unpaired) electrons. The molecule has 3 aromatic rings. The van der Waals surface area contributed by atoms with E-state index >= 15 is 0 Å². The van der Waals surface area contributed by atoms with Gasteiger partial charge in [0.1, 0.15) is 18.5 Å². The van der Waals surface area contributed by atoms with Gasteiger partial charge in [-0.3, -0.25) is 0 Å². The number of benzene rings is 2. The number of fused-ring (bicyclic) bond motifs is 1. The lowest BCUT2D eigenvalue weighted by atomic mass is 10.1. The third-order valence-electron chi connectivity index (χ3n) is 4.69. The van der Waals surface area contributed by atoms with Crippen LogP contribution >= 0.6 is 12.4 Å². The van der Waals surface area contributed by atoms with Crippen molar-refractivity contribution < 1.29 is 14.3 Å². The van der Waals surface area contributed by atoms with Crippen molar-refractivity contribution in [1.82, 2.24) is 10.3 Å². The lowest BCUT2D eigenvalue weighted by Crippen LogP contribution is -2.19. The largest absolute Gasteiger partial charge is 0.489 e. The topological polar surface area (TPSA) is 63.3 Å². The number of rotatable bonds is 5. The molecule has 142 valence electrons. The van der Waals surface area contributed by atoms with Crippen LogP contribution in [0.3, 0.4) is 0 Å². The molecule has 1 saturated heterocycles. The van der Waals surface area contributed by atoms with Crippen molar-refractivity contribution in [2.45, 2.75) is 26.1 Å². The van der Waals surface area contributed by atoms with Gasteiger partial charge in [-0.05, 0) is 43.7 Å². The van der Waals surface area contributed by atoms with Gasteiger partial charge in [0.2, 0.25) is 0 Å². The zero-order valence-electron chi connectivity index (χ0n) is 15.2. The molecule has 4 rings (SSSR count). The van der Waals surface area contributed by atoms with Crippen LogP contribution in [-0.2, 0) is 11.3 Å². The number of halogens is 1. The quantitative estimate of drug-likeness (QED) is 0.651. The highest BCUT2D eigenvalue weighted by molar-refractivity contribution is 6.05. The number of nitrogens with one attached hydrogen (secondary N) is 2. The van der Waals surface area contributed by atoms with E-state index in [9.17, 15) is 4.79 Å². The fourth-order valence-corrected chi connectivity index (χ4v) is 3.36. The van der Waals surface area contributed by atoms with Gasteiger partial charge in [-0.2, -0.15) is 0 Å². The van der Waals surface area contributed by atoms with Gasteiger partial charge in [-0.15, -0.1) is 12.4 Å². The van der Waals surface area contributed by atoms with Crippen LogP contribution in [0.25, 0.3) is 10.9 Å². The van der Waals surface area contributed by atoms with Gasteiger partial charge in [0.05, 0.1) is 5.56 Å². The molecule has 5 nitrogen and oxygen atoms in total. The van der Waals surface area contributed by atoms with Crippen molar-refractivity contribution in [3.8, 4) is 5.75 Å². The van der Waals surface area contributed by atoms with Crippen LogP contribution in [0, 0.1) is 6.92 Å². The second kappa shape index (κ2) is 8.46. The number of aryl methyl sites for hydroxylation is 1. The normalized spacial score (nSPS) is 16.1. The molecule has 0 saturated carbocycles. The zero-order valence-corrected chi connectivity index (χ0v) is 16.0. The van der Waals surface area contributed by atoms with E-state index in [0.717, 1.165) is 47.4 Å². The molecule has 1 fully saturated rings. The maximum Gasteiger partial charge on any atom is 0.340 e. The van der Waals surface area contributed by atoms with Crippen LogP contribution in [0.15, 0.2) is 48.5 Å². The number of aromatic amines is 1. The molecule has 1 aliphatic heterocycles. The summed E-state index contributed by atoms with van der Waals surface area (Å²) in [6.07, 6.45) is 1.18. The first kappa shape index (κ1) is 19.3. The van der Waals surface area contributed by atoms with Crippen LogP contribution in [0.5, 0.6) is 5.75 Å². The predicted octanol–water partition coefficient (Wildman–Crippen LogP) is 4.00. The number of hydrogen-bond acceptors (Lipinski definition) is 4. The van der Waals surface area contributed by atoms with E-state index in [2.05, 4.69) is 10.3 Å². The minimum absolute atomic E-state index is 0. The molecule has 27 heavy (non-hydrogen) atoms. The number of carbonyl (C=O) groups is 1. The Hall–Kier alpha value is -2.50. The van der Waals surface area contributed by atoms with E-state index in [4.69, 9.17) is 9.47 Å². The molecule has 1 aliphatic rings. The molecule has 0 bridgehead atoms. The second-order valence-corrected chi connectivity index (χ2v) is 6.63. The first-order valence-corrected chi connectivity index (χ1v) is 8.91. The van der Waals surface area contributed by atoms with Gasteiger partial charge < -0.3 is 19.8 Å². The second-order valence-electron chi connectivity index (χ2n) is 6.63. The number of ether oxygens (including phenoxy) is 2. The Morgan fingerprint density at radius 2 is 2.00 bits per heavy atom. The van der Waals surface area contributed by atoms with E-state index in [-0.39, 0.29) is 31.1 Å². The highest BCUT2D eigenvalue weighted by Crippen LogP contribution is 2.28. The molecule has 1 aromatic heterocycles. The predicted molar refractivity (Wildman–Crippen MR) is 108 cm³/mol. The van der Waals surface area contributed by atoms with Gasteiger partial charge in [0, 0.05) is 23.1 Å². The van der Waals surface area contributed by atoms with Gasteiger partial charge >= 0.3 is 5.97 Å². The summed E-state index contributed by atoms with van der Waals surface area (Å²) >= 11 is 0. The molecule has 0 spiro atoms. The van der Waals surface area contributed by atoms with Crippen molar-refractivity contribution in [3.05, 3.63) is 65.4 Å². The Morgan fingerprint density at radius 1 is 1.19 bits per heavy atom. The Balaban J connectivity index is 0.00000210. The minimum atomic E-state index is -0.322. The van der Waals surface area contributed by atoms with Gasteiger partial charge in [-0.1, -0.05) is 30.3 Å². The van der Waals surface area contributed by atoms with Crippen LogP contribution < -0.4 is 10.1 Å². The van der Waals surface area contributed by atoms with E-state index in [1.165, 1.54) is 0 Å². The standard InChI is InChI=1S/C21H22N2O3.ClH/c1-14-20(21(24)25-13-15-5-3-2-4-6-15)18-11-16(7-8-19(18)23-14)26-17-9-10-22-12-17;/h2-8,11,17,22-23H,9-10,12-13H2,1H3;1H. The average molecular weight is 387 g/mol. The highest BCUT2D eigenvalue weighted by Gasteiger charge is 2.20. The summed E-state index contributed by atoms with van der Waals surface area (Å²) in [5.41, 5.74) is 3.26. The van der Waals surface area contributed by atoms with E-state index in [1.807, 2.05) is 55.5 Å². The van der Waals surface area contributed by atoms with Gasteiger partial charge in [0.15, 0.2) is 0 Å². The Bertz CT molecular complexity index is 918. The highest BCUT2D eigenvalue weighted by atomic mass is 35.5. The summed E-state index contributed by atoms with van der Waals surface area (Å²) in [6, 6.07) is 15.5. The third kappa shape index (κ3) is 4.26. The maximum atomic E-state index is 12.7. The number of carbonyl (C=O) groups excluding carboxylic acids is 1. The fraction of sp³-hybridized carbons (Fsp3) is 0.286. The van der Waals surface area contributed by atoms with Crippen molar-refractivity contribution in [2.75, 3.05) is 13.1 Å². The molecule has 2 N–H and O–H groups in total. The lowest BCUT2D eigenvalue weighted by molar-refractivity contribution is 0.0474. The first-order chi connectivity index (χ1) is 12.7. The SMILES string of the molecule is Cc1[nH]c2ccc(OC3CCNC3)cc2c1C(=O)OCc1ccccc1.Cl. The molecule has 1 unspecified atom stereocenters. The summed E-state index contributed by atoms with van der Waals surface area (Å²) in [5.74, 6) is 0.458. The Labute approximate surface area is 164 Å². The number of hydrogen-bond donors (Lipinski definition) is 2. The van der Waals surface area contributed by atoms with Crippen molar-refractivity contribution in [3.63, 3.8) is 0 Å². The number of H-pyrrole nitrogens is 1. The van der Waals surface area contributed by atoms with Crippen LogP contribution in [0.2, 0.25) is 0 Å². The van der Waals surface area contributed by atoms with Crippen molar-refractivity contribution >= 4 is 29.3 Å². The monoisotopic (exact) mass is 386 g/mol. The summed E-state index contributed by atoms with van der Waals surface area (Å²) in [6.45, 7) is 3.99. The molecule has 2 aromatic carbocycles. The van der Waals surface area contributed by atoms with E-state index in [1.54, 1.807) is 0 Å². The van der Waals surface area contributed by atoms with Crippen molar-refractivity contribution in [2.24, 2.45) is 0 Å². The molecular weight excluding hydrogens is 364 g/mol. The number of aromatic nitrogens is 1. The van der Waals surface area contributed by atoms with Crippen LogP contribution in [0.1, 0.15) is 28.0 Å². The molecule has 1 atom stereocenters. The summed E-state index contributed by atoms with van der Waals surface area (Å²) in [5, 5.41) is 4.13. The summed E-state index contributed by atoms with van der Waals surface area (Å²) < 4.78 is 11.6. The average Bonchev–Trinajstić information content (AvgIpc) is 3.27. The maximum absolute atomic E-state index is 12.7. The molecule has 6 heteroatoms. The molecule has 2 heterocycles. The molecule has 0 amide bonds. The van der Waals surface area contributed by atoms with E-state index < -0.39 is 0 Å². The fourth-order valence-electron chi connectivity index (χ4n) is 3.36. The smallest absolute Gasteiger partial charge is 0.340 e. The van der Waals surface area contributed by atoms with Gasteiger partial charge in [0.25, 0.3) is 0 Å². The Kier molecular flexibility index (Phi) is 6.04. The minimum Gasteiger partial charge on any atom is -0.489 e. The molecule has 0 aliphatic carbocycles. The van der Waals surface area contributed by atoms with Gasteiger partial charge in [-0.25, -0.2) is 4.79 Å². The number of esters is 1. The first-order valence-electron chi connectivity index (χ1n) is 8.91. The van der Waals surface area contributed by atoms with Crippen LogP contribution in [-0.4, -0.2) is 30.1 Å².